The van der Waals surface area contributed by atoms with Gasteiger partial charge in [0.2, 0.25) is 5.91 Å². The first kappa shape index (κ1) is 22.3. The summed E-state index contributed by atoms with van der Waals surface area (Å²) in [4.78, 5) is 19.7. The Bertz CT molecular complexity index is 1210. The van der Waals surface area contributed by atoms with Crippen LogP contribution in [0.5, 0.6) is 0 Å². The molecule has 1 aliphatic heterocycles. The van der Waals surface area contributed by atoms with Gasteiger partial charge in [-0.2, -0.15) is 0 Å². The first-order chi connectivity index (χ1) is 16.8. The third-order valence-electron chi connectivity index (χ3n) is 6.17. The number of thioether (sulfide) groups is 1. The van der Waals surface area contributed by atoms with Crippen molar-refractivity contribution in [2.45, 2.75) is 36.9 Å². The van der Waals surface area contributed by atoms with Gasteiger partial charge in [0.15, 0.2) is 11.0 Å². The number of hydrogen-bond acceptors (Lipinski definition) is 5. The second kappa shape index (κ2) is 10.7. The van der Waals surface area contributed by atoms with Crippen molar-refractivity contribution in [3.8, 4) is 17.1 Å². The van der Waals surface area contributed by atoms with Crippen molar-refractivity contribution in [3.05, 3.63) is 90.8 Å². The molecule has 0 aliphatic carbocycles. The van der Waals surface area contributed by atoms with Crippen LogP contribution in [-0.4, -0.2) is 42.9 Å². The third kappa shape index (κ3) is 4.89. The predicted molar refractivity (Wildman–Crippen MR) is 135 cm³/mol. The molecule has 0 spiro atoms. The van der Waals surface area contributed by atoms with Gasteiger partial charge in [-0.25, -0.2) is 0 Å². The molecule has 1 amide bonds. The maximum Gasteiger partial charge on any atom is 0.233 e. The maximum atomic E-state index is 13.5. The molecule has 0 radical (unpaired) electrons. The highest BCUT2D eigenvalue weighted by Gasteiger charge is 2.27. The minimum absolute atomic E-state index is 0.102. The summed E-state index contributed by atoms with van der Waals surface area (Å²) >= 11 is 1.45. The van der Waals surface area contributed by atoms with Crippen LogP contribution < -0.4 is 0 Å². The van der Waals surface area contributed by atoms with Crippen LogP contribution in [0.2, 0.25) is 0 Å². The van der Waals surface area contributed by atoms with Crippen molar-refractivity contribution in [3.63, 3.8) is 0 Å². The van der Waals surface area contributed by atoms with E-state index in [0.717, 1.165) is 54.9 Å². The summed E-state index contributed by atoms with van der Waals surface area (Å²) in [5.41, 5.74) is 3.13. The van der Waals surface area contributed by atoms with Gasteiger partial charge in [0.05, 0.1) is 11.8 Å². The van der Waals surface area contributed by atoms with E-state index in [-0.39, 0.29) is 11.9 Å². The van der Waals surface area contributed by atoms with Gasteiger partial charge in [-0.3, -0.25) is 14.3 Å². The van der Waals surface area contributed by atoms with Crippen molar-refractivity contribution >= 4 is 17.7 Å². The lowest BCUT2D eigenvalue weighted by atomic mass is 10.0. The highest BCUT2D eigenvalue weighted by Crippen LogP contribution is 2.32. The molecule has 2 aromatic carbocycles. The Morgan fingerprint density at radius 2 is 1.62 bits per heavy atom. The van der Waals surface area contributed by atoms with Crippen LogP contribution in [0.3, 0.4) is 0 Å². The van der Waals surface area contributed by atoms with E-state index in [1.807, 2.05) is 89.8 Å². The molecule has 3 heterocycles. The second-order valence-electron chi connectivity index (χ2n) is 8.36. The summed E-state index contributed by atoms with van der Waals surface area (Å²) in [6, 6.07) is 24.3. The summed E-state index contributed by atoms with van der Waals surface area (Å²) in [6.45, 7) is 0.785. The molecule has 2 aromatic heterocycles. The zero-order valence-corrected chi connectivity index (χ0v) is 19.8. The number of likely N-dealkylation sites (tertiary alicyclic amines) is 1. The minimum Gasteiger partial charge on any atom is -0.335 e. The molecule has 1 unspecified atom stereocenters. The van der Waals surface area contributed by atoms with E-state index in [4.69, 9.17) is 0 Å². The van der Waals surface area contributed by atoms with Crippen LogP contribution in [0, 0.1) is 0 Å². The molecular weight excluding hydrogens is 442 g/mol. The fourth-order valence-electron chi connectivity index (χ4n) is 4.50. The molecule has 5 rings (SSSR count). The monoisotopic (exact) mass is 469 g/mol. The van der Waals surface area contributed by atoms with Gasteiger partial charge in [-0.15, -0.1) is 10.2 Å². The Hall–Kier alpha value is -3.45. The number of pyridine rings is 1. The molecule has 34 heavy (non-hydrogen) atoms. The number of carbonyl (C=O) groups excluding carboxylic acids is 1. The molecule has 7 heteroatoms. The van der Waals surface area contributed by atoms with E-state index in [0.29, 0.717) is 10.9 Å². The van der Waals surface area contributed by atoms with Crippen molar-refractivity contribution in [1.29, 1.82) is 0 Å². The van der Waals surface area contributed by atoms with Gasteiger partial charge in [0.1, 0.15) is 0 Å². The molecule has 4 aromatic rings. The highest BCUT2D eigenvalue weighted by molar-refractivity contribution is 7.99. The maximum absolute atomic E-state index is 13.5. The zero-order valence-electron chi connectivity index (χ0n) is 19.0. The molecular formula is C27H27N5OS. The molecule has 0 N–H and O–H groups in total. The Morgan fingerprint density at radius 1 is 0.882 bits per heavy atom. The standard InChI is InChI=1S/C27H27N5OS/c33-25(31-19-9-3-8-14-24(31)21-15-17-28-18-16-21)20-34-27-30-29-26(22-10-4-1-5-11-22)32(27)23-12-6-2-7-13-23/h1-2,4-7,10-13,15-18,24H,3,8-9,14,19-20H2. The predicted octanol–water partition coefficient (Wildman–Crippen LogP) is 5.57. The molecule has 1 atom stereocenters. The number of carbonyl (C=O) groups is 1. The van der Waals surface area contributed by atoms with Gasteiger partial charge >= 0.3 is 0 Å². The first-order valence-electron chi connectivity index (χ1n) is 11.7. The fourth-order valence-corrected chi connectivity index (χ4v) is 5.33. The Labute approximate surface area is 204 Å². The number of nitrogens with zero attached hydrogens (tertiary/aromatic N) is 5. The van der Waals surface area contributed by atoms with Crippen molar-refractivity contribution in [1.82, 2.24) is 24.6 Å². The molecule has 1 saturated heterocycles. The summed E-state index contributed by atoms with van der Waals surface area (Å²) in [7, 11) is 0. The number of amides is 1. The van der Waals surface area contributed by atoms with E-state index in [9.17, 15) is 4.79 Å². The Kier molecular flexibility index (Phi) is 7.00. The van der Waals surface area contributed by atoms with E-state index < -0.39 is 0 Å². The number of para-hydroxylation sites is 1. The molecule has 1 fully saturated rings. The molecule has 1 aliphatic rings. The Balaban J connectivity index is 1.40. The smallest absolute Gasteiger partial charge is 0.233 e. The largest absolute Gasteiger partial charge is 0.335 e. The van der Waals surface area contributed by atoms with Crippen molar-refractivity contribution in [2.24, 2.45) is 0 Å². The van der Waals surface area contributed by atoms with E-state index in [1.165, 1.54) is 11.8 Å². The number of rotatable bonds is 6. The lowest BCUT2D eigenvalue weighted by Crippen LogP contribution is -2.36. The van der Waals surface area contributed by atoms with Crippen LogP contribution in [0.1, 0.15) is 37.3 Å². The second-order valence-corrected chi connectivity index (χ2v) is 9.31. The normalized spacial score (nSPS) is 16.2. The average Bonchev–Trinajstić information content (AvgIpc) is 3.17. The highest BCUT2D eigenvalue weighted by atomic mass is 32.2. The van der Waals surface area contributed by atoms with Crippen LogP contribution >= 0.6 is 11.8 Å². The van der Waals surface area contributed by atoms with Gasteiger partial charge in [0, 0.05) is 30.2 Å². The first-order valence-corrected chi connectivity index (χ1v) is 12.7. The summed E-state index contributed by atoms with van der Waals surface area (Å²) in [5.74, 6) is 1.23. The summed E-state index contributed by atoms with van der Waals surface area (Å²) in [5, 5.41) is 9.69. The Morgan fingerprint density at radius 3 is 2.38 bits per heavy atom. The lowest BCUT2D eigenvalue weighted by Gasteiger charge is -2.30. The van der Waals surface area contributed by atoms with Gasteiger partial charge in [-0.1, -0.05) is 73.1 Å². The average molecular weight is 470 g/mol. The number of benzene rings is 2. The number of hydrogen-bond donors (Lipinski definition) is 0. The van der Waals surface area contributed by atoms with Crippen LogP contribution in [0.25, 0.3) is 17.1 Å². The minimum atomic E-state index is 0.102. The van der Waals surface area contributed by atoms with E-state index >= 15 is 0 Å². The third-order valence-corrected chi connectivity index (χ3v) is 7.08. The lowest BCUT2D eigenvalue weighted by molar-refractivity contribution is -0.130. The molecule has 0 bridgehead atoms. The zero-order chi connectivity index (χ0) is 23.2. The molecule has 172 valence electrons. The van der Waals surface area contributed by atoms with Crippen molar-refractivity contribution in [2.75, 3.05) is 12.3 Å². The summed E-state index contributed by atoms with van der Waals surface area (Å²) in [6.07, 6.45) is 7.93. The van der Waals surface area contributed by atoms with Crippen LogP contribution in [0.4, 0.5) is 0 Å². The van der Waals surface area contributed by atoms with Gasteiger partial charge in [-0.05, 0) is 42.7 Å². The number of aromatic nitrogens is 4. The molecule has 0 saturated carbocycles. The topological polar surface area (TPSA) is 63.9 Å². The SMILES string of the molecule is O=C(CSc1nnc(-c2ccccc2)n1-c1ccccc1)N1CCCCCC1c1ccncc1. The van der Waals surface area contributed by atoms with E-state index in [2.05, 4.69) is 20.1 Å². The molecule has 6 nitrogen and oxygen atoms in total. The summed E-state index contributed by atoms with van der Waals surface area (Å²) < 4.78 is 2.04. The van der Waals surface area contributed by atoms with Crippen LogP contribution in [0.15, 0.2) is 90.3 Å². The quantitative estimate of drug-likeness (QED) is 0.346. The fraction of sp³-hybridized carbons (Fsp3) is 0.259. The van der Waals surface area contributed by atoms with Gasteiger partial charge in [0.25, 0.3) is 0 Å². The van der Waals surface area contributed by atoms with Gasteiger partial charge < -0.3 is 4.90 Å². The van der Waals surface area contributed by atoms with Crippen LogP contribution in [-0.2, 0) is 4.79 Å². The van der Waals surface area contributed by atoms with E-state index in [1.54, 1.807) is 0 Å². The van der Waals surface area contributed by atoms with Crippen molar-refractivity contribution < 1.29 is 4.79 Å².